The van der Waals surface area contributed by atoms with Gasteiger partial charge in [-0.2, -0.15) is 0 Å². The average molecular weight is 260 g/mol. The molecular formula is C13H16N4S. The summed E-state index contributed by atoms with van der Waals surface area (Å²) in [5.41, 5.74) is 9.96. The third-order valence-electron chi connectivity index (χ3n) is 2.60. The van der Waals surface area contributed by atoms with E-state index in [1.807, 2.05) is 26.0 Å². The van der Waals surface area contributed by atoms with Crippen molar-refractivity contribution >= 4 is 11.8 Å². The van der Waals surface area contributed by atoms with E-state index in [4.69, 9.17) is 5.73 Å². The van der Waals surface area contributed by atoms with Gasteiger partial charge in [-0.15, -0.1) is 0 Å². The van der Waals surface area contributed by atoms with Crippen molar-refractivity contribution in [3.05, 3.63) is 40.8 Å². The molecule has 0 aliphatic carbocycles. The van der Waals surface area contributed by atoms with E-state index in [0.29, 0.717) is 11.7 Å². The molecule has 0 fully saturated rings. The van der Waals surface area contributed by atoms with E-state index in [-0.39, 0.29) is 0 Å². The number of nitrogens with zero attached hydrogens (tertiary/aromatic N) is 3. The second kappa shape index (κ2) is 5.46. The molecule has 2 rings (SSSR count). The Hall–Kier alpha value is -1.46. The Morgan fingerprint density at radius 3 is 2.61 bits per heavy atom. The number of aromatic nitrogens is 3. The van der Waals surface area contributed by atoms with Gasteiger partial charge in [0.1, 0.15) is 5.03 Å². The molecule has 0 unspecified atom stereocenters. The van der Waals surface area contributed by atoms with Gasteiger partial charge in [0.25, 0.3) is 0 Å². The third-order valence-corrected chi connectivity index (χ3v) is 3.51. The molecule has 4 nitrogen and oxygen atoms in total. The van der Waals surface area contributed by atoms with Crippen LogP contribution in [0.25, 0.3) is 0 Å². The van der Waals surface area contributed by atoms with Crippen LogP contribution in [0.5, 0.6) is 0 Å². The summed E-state index contributed by atoms with van der Waals surface area (Å²) < 4.78 is 0. The van der Waals surface area contributed by atoms with Gasteiger partial charge in [-0.05, 0) is 50.2 Å². The zero-order valence-electron chi connectivity index (χ0n) is 10.8. The van der Waals surface area contributed by atoms with Crippen LogP contribution < -0.4 is 5.73 Å². The Bertz CT molecular complexity index is 569. The van der Waals surface area contributed by atoms with E-state index in [2.05, 4.69) is 21.9 Å². The highest BCUT2D eigenvalue weighted by atomic mass is 32.2. The number of aryl methyl sites for hydroxylation is 3. The van der Waals surface area contributed by atoms with Crippen molar-refractivity contribution in [1.82, 2.24) is 15.0 Å². The summed E-state index contributed by atoms with van der Waals surface area (Å²) in [6, 6.07) is 3.92. The van der Waals surface area contributed by atoms with Gasteiger partial charge in [-0.3, -0.25) is 0 Å². The highest BCUT2D eigenvalue weighted by Crippen LogP contribution is 2.28. The number of rotatable bonds is 3. The lowest BCUT2D eigenvalue weighted by Crippen LogP contribution is -2.04. The minimum atomic E-state index is 0.479. The molecule has 0 amide bonds. The molecule has 2 aromatic rings. The predicted octanol–water partition coefficient (Wildman–Crippen LogP) is 2.41. The molecule has 5 heteroatoms. The van der Waals surface area contributed by atoms with Gasteiger partial charge in [0.2, 0.25) is 0 Å². The van der Waals surface area contributed by atoms with Gasteiger partial charge >= 0.3 is 0 Å². The molecule has 0 saturated carbocycles. The first-order valence-electron chi connectivity index (χ1n) is 5.75. The summed E-state index contributed by atoms with van der Waals surface area (Å²) >= 11 is 1.47. The van der Waals surface area contributed by atoms with Crippen LogP contribution in [0.4, 0.5) is 0 Å². The van der Waals surface area contributed by atoms with Gasteiger partial charge < -0.3 is 5.73 Å². The van der Waals surface area contributed by atoms with Crippen LogP contribution in [0.3, 0.4) is 0 Å². The molecule has 0 bridgehead atoms. The first-order valence-corrected chi connectivity index (χ1v) is 6.56. The van der Waals surface area contributed by atoms with Gasteiger partial charge in [-0.25, -0.2) is 15.0 Å². The number of nitrogens with two attached hydrogens (primary N) is 1. The normalized spacial score (nSPS) is 10.7. The standard InChI is InChI=1S/C13H16N4S/c1-8-6-10(3)16-12(11(8)7-14)18-13-15-5-4-9(2)17-13/h4-6H,7,14H2,1-3H3. The van der Waals surface area contributed by atoms with Crippen LogP contribution in [0.2, 0.25) is 0 Å². The van der Waals surface area contributed by atoms with E-state index in [1.54, 1.807) is 6.20 Å². The fourth-order valence-electron chi connectivity index (χ4n) is 1.72. The van der Waals surface area contributed by atoms with Crippen molar-refractivity contribution in [3.63, 3.8) is 0 Å². The topological polar surface area (TPSA) is 64.7 Å². The summed E-state index contributed by atoms with van der Waals surface area (Å²) in [6.45, 7) is 6.46. The van der Waals surface area contributed by atoms with Crippen LogP contribution in [0.1, 0.15) is 22.5 Å². The minimum Gasteiger partial charge on any atom is -0.326 e. The SMILES string of the molecule is Cc1ccnc(Sc2nc(C)cc(C)c2CN)n1. The van der Waals surface area contributed by atoms with E-state index in [0.717, 1.165) is 22.0 Å². The molecule has 0 saturated heterocycles. The first kappa shape index (κ1) is 13.0. The molecule has 0 atom stereocenters. The zero-order valence-corrected chi connectivity index (χ0v) is 11.6. The van der Waals surface area contributed by atoms with Crippen LogP contribution in [-0.2, 0) is 6.54 Å². The highest BCUT2D eigenvalue weighted by Gasteiger charge is 2.10. The Balaban J connectivity index is 2.39. The number of hydrogen-bond donors (Lipinski definition) is 1. The van der Waals surface area contributed by atoms with Crippen LogP contribution >= 0.6 is 11.8 Å². The molecule has 18 heavy (non-hydrogen) atoms. The predicted molar refractivity (Wildman–Crippen MR) is 72.5 cm³/mol. The van der Waals surface area contributed by atoms with Crippen molar-refractivity contribution in [2.75, 3.05) is 0 Å². The molecular weight excluding hydrogens is 244 g/mol. The lowest BCUT2D eigenvalue weighted by atomic mass is 10.1. The zero-order chi connectivity index (χ0) is 13.1. The van der Waals surface area contributed by atoms with Crippen molar-refractivity contribution in [1.29, 1.82) is 0 Å². The summed E-state index contributed by atoms with van der Waals surface area (Å²) in [4.78, 5) is 13.1. The first-order chi connectivity index (χ1) is 8.60. The molecule has 0 radical (unpaired) electrons. The van der Waals surface area contributed by atoms with Crippen molar-refractivity contribution in [3.8, 4) is 0 Å². The van der Waals surface area contributed by atoms with Gasteiger partial charge in [0.15, 0.2) is 5.16 Å². The van der Waals surface area contributed by atoms with Crippen LogP contribution in [0, 0.1) is 20.8 Å². The molecule has 0 aliphatic rings. The molecule has 0 spiro atoms. The monoisotopic (exact) mass is 260 g/mol. The van der Waals surface area contributed by atoms with Gasteiger partial charge in [0, 0.05) is 29.7 Å². The Morgan fingerprint density at radius 1 is 1.17 bits per heavy atom. The molecule has 94 valence electrons. The highest BCUT2D eigenvalue weighted by molar-refractivity contribution is 7.99. The number of pyridine rings is 1. The average Bonchev–Trinajstić information content (AvgIpc) is 2.28. The number of hydrogen-bond acceptors (Lipinski definition) is 5. The largest absolute Gasteiger partial charge is 0.326 e. The Morgan fingerprint density at radius 2 is 1.94 bits per heavy atom. The summed E-state index contributed by atoms with van der Waals surface area (Å²) in [5, 5.41) is 1.61. The Labute approximate surface area is 111 Å². The summed E-state index contributed by atoms with van der Waals surface area (Å²) in [7, 11) is 0. The smallest absolute Gasteiger partial charge is 0.194 e. The second-order valence-corrected chi connectivity index (χ2v) is 5.11. The van der Waals surface area contributed by atoms with E-state index in [9.17, 15) is 0 Å². The molecule has 0 aromatic carbocycles. The van der Waals surface area contributed by atoms with Crippen molar-refractivity contribution < 1.29 is 0 Å². The summed E-state index contributed by atoms with van der Waals surface area (Å²) in [5.74, 6) is 0. The lowest BCUT2D eigenvalue weighted by Gasteiger charge is -2.10. The molecule has 2 heterocycles. The maximum absolute atomic E-state index is 5.79. The van der Waals surface area contributed by atoms with Gasteiger partial charge in [0.05, 0.1) is 0 Å². The fourth-order valence-corrected chi connectivity index (χ4v) is 2.76. The fraction of sp³-hybridized carbons (Fsp3) is 0.308. The van der Waals surface area contributed by atoms with E-state index >= 15 is 0 Å². The molecule has 2 aromatic heterocycles. The maximum Gasteiger partial charge on any atom is 0.194 e. The quantitative estimate of drug-likeness (QED) is 0.858. The van der Waals surface area contributed by atoms with Crippen molar-refractivity contribution in [2.45, 2.75) is 37.5 Å². The van der Waals surface area contributed by atoms with Crippen LogP contribution in [-0.4, -0.2) is 15.0 Å². The van der Waals surface area contributed by atoms with Gasteiger partial charge in [-0.1, -0.05) is 0 Å². The Kier molecular flexibility index (Phi) is 3.93. The lowest BCUT2D eigenvalue weighted by molar-refractivity contribution is 0.898. The maximum atomic E-state index is 5.79. The molecule has 0 aliphatic heterocycles. The minimum absolute atomic E-state index is 0.479. The van der Waals surface area contributed by atoms with Crippen LogP contribution in [0.15, 0.2) is 28.5 Å². The summed E-state index contributed by atoms with van der Waals surface area (Å²) in [6.07, 6.45) is 1.76. The van der Waals surface area contributed by atoms with E-state index in [1.165, 1.54) is 17.3 Å². The third kappa shape index (κ3) is 2.86. The van der Waals surface area contributed by atoms with E-state index < -0.39 is 0 Å². The van der Waals surface area contributed by atoms with Crippen molar-refractivity contribution in [2.24, 2.45) is 5.73 Å². The second-order valence-electron chi connectivity index (χ2n) is 4.15. The molecule has 2 N–H and O–H groups in total.